The molecule has 2 aromatic rings. The minimum atomic E-state index is -4.71. The molecule has 1 amide bonds. The van der Waals surface area contributed by atoms with Crippen molar-refractivity contribution in [2.24, 2.45) is 0 Å². The molecule has 166 valence electrons. The maximum atomic E-state index is 14.1. The number of rotatable bonds is 4. The number of methoxy groups -OCH3 is 1. The largest absolute Gasteiger partial charge is 0.495 e. The van der Waals surface area contributed by atoms with Crippen LogP contribution in [0.25, 0.3) is 0 Å². The standard InChI is InChI=1S/C21H22BF4NO4/c1-19(2)20(3,4)31-22(30-19)13-7-9-16(17(11-13)29-5)27-18(28)14-8-6-12(10-15(14)23)21(24,25)26/h6-11H,1-5H3,(H,27,28). The molecule has 0 spiro atoms. The first-order chi connectivity index (χ1) is 14.2. The van der Waals surface area contributed by atoms with Gasteiger partial charge in [0, 0.05) is 0 Å². The second kappa shape index (κ2) is 7.83. The van der Waals surface area contributed by atoms with E-state index in [-0.39, 0.29) is 17.5 Å². The van der Waals surface area contributed by atoms with Gasteiger partial charge in [-0.2, -0.15) is 13.2 Å². The molecule has 3 rings (SSSR count). The number of carbonyl (C=O) groups excluding carboxylic acids is 1. The molecule has 1 saturated heterocycles. The fourth-order valence-corrected chi connectivity index (χ4v) is 3.00. The third-order valence-electron chi connectivity index (χ3n) is 5.54. The van der Waals surface area contributed by atoms with E-state index in [0.29, 0.717) is 11.5 Å². The van der Waals surface area contributed by atoms with Gasteiger partial charge in [0.1, 0.15) is 11.6 Å². The molecule has 0 bridgehead atoms. The lowest BCUT2D eigenvalue weighted by atomic mass is 9.79. The fourth-order valence-electron chi connectivity index (χ4n) is 3.00. The van der Waals surface area contributed by atoms with Gasteiger partial charge < -0.3 is 19.4 Å². The Balaban J connectivity index is 1.82. The summed E-state index contributed by atoms with van der Waals surface area (Å²) in [7, 11) is 0.730. The highest BCUT2D eigenvalue weighted by molar-refractivity contribution is 6.62. The average molecular weight is 439 g/mol. The highest BCUT2D eigenvalue weighted by Gasteiger charge is 2.51. The number of benzene rings is 2. The zero-order valence-corrected chi connectivity index (χ0v) is 17.7. The number of ether oxygens (including phenoxy) is 1. The van der Waals surface area contributed by atoms with Crippen molar-refractivity contribution in [3.8, 4) is 5.75 Å². The smallest absolute Gasteiger partial charge is 0.494 e. The van der Waals surface area contributed by atoms with Crippen LogP contribution in [0.4, 0.5) is 23.2 Å². The van der Waals surface area contributed by atoms with Gasteiger partial charge in [-0.15, -0.1) is 0 Å². The Morgan fingerprint density at radius 2 is 1.65 bits per heavy atom. The minimum absolute atomic E-state index is 0.215. The Hall–Kier alpha value is -2.59. The third-order valence-corrected chi connectivity index (χ3v) is 5.54. The molecule has 1 fully saturated rings. The lowest BCUT2D eigenvalue weighted by Crippen LogP contribution is -2.41. The quantitative estimate of drug-likeness (QED) is 0.567. The van der Waals surface area contributed by atoms with Gasteiger partial charge in [-0.3, -0.25) is 4.79 Å². The maximum Gasteiger partial charge on any atom is 0.494 e. The van der Waals surface area contributed by atoms with Crippen LogP contribution in [-0.4, -0.2) is 31.3 Å². The van der Waals surface area contributed by atoms with E-state index in [4.69, 9.17) is 14.0 Å². The minimum Gasteiger partial charge on any atom is -0.495 e. The van der Waals surface area contributed by atoms with E-state index in [1.165, 1.54) is 13.2 Å². The van der Waals surface area contributed by atoms with Crippen molar-refractivity contribution in [2.45, 2.75) is 45.1 Å². The van der Waals surface area contributed by atoms with Crippen molar-refractivity contribution in [3.63, 3.8) is 0 Å². The molecule has 2 aromatic carbocycles. The molecule has 31 heavy (non-hydrogen) atoms. The Morgan fingerprint density at radius 3 is 2.16 bits per heavy atom. The van der Waals surface area contributed by atoms with Gasteiger partial charge in [0.15, 0.2) is 0 Å². The molecule has 10 heteroatoms. The van der Waals surface area contributed by atoms with E-state index in [2.05, 4.69) is 5.32 Å². The zero-order valence-electron chi connectivity index (χ0n) is 17.7. The van der Waals surface area contributed by atoms with Crippen LogP contribution in [-0.2, 0) is 15.5 Å². The third kappa shape index (κ3) is 4.55. The van der Waals surface area contributed by atoms with Crippen LogP contribution in [0.5, 0.6) is 5.75 Å². The van der Waals surface area contributed by atoms with Gasteiger partial charge in [-0.25, -0.2) is 4.39 Å². The number of hydrogen-bond acceptors (Lipinski definition) is 4. The van der Waals surface area contributed by atoms with Gasteiger partial charge >= 0.3 is 13.3 Å². The highest BCUT2D eigenvalue weighted by atomic mass is 19.4. The molecular formula is C21H22BF4NO4. The first-order valence-electron chi connectivity index (χ1n) is 9.47. The maximum absolute atomic E-state index is 14.1. The molecule has 1 aliphatic rings. The first kappa shape index (κ1) is 23.1. The van der Waals surface area contributed by atoms with Gasteiger partial charge in [0.2, 0.25) is 0 Å². The van der Waals surface area contributed by atoms with Crippen LogP contribution in [0.1, 0.15) is 43.6 Å². The second-order valence-electron chi connectivity index (χ2n) is 8.19. The van der Waals surface area contributed by atoms with Crippen molar-refractivity contribution in [1.82, 2.24) is 0 Å². The summed E-state index contributed by atoms with van der Waals surface area (Å²) in [5, 5.41) is 2.46. The van der Waals surface area contributed by atoms with Gasteiger partial charge in [-0.1, -0.05) is 6.07 Å². The molecule has 0 aromatic heterocycles. The van der Waals surface area contributed by atoms with Crippen LogP contribution < -0.4 is 15.5 Å². The summed E-state index contributed by atoms with van der Waals surface area (Å²) in [6, 6.07) is 6.52. The summed E-state index contributed by atoms with van der Waals surface area (Å²) in [6.07, 6.45) is -4.71. The molecule has 5 nitrogen and oxygen atoms in total. The Morgan fingerprint density at radius 1 is 1.03 bits per heavy atom. The highest BCUT2D eigenvalue weighted by Crippen LogP contribution is 2.37. The molecule has 1 aliphatic heterocycles. The zero-order chi connectivity index (χ0) is 23.2. The number of nitrogens with one attached hydrogen (secondary N) is 1. The summed E-state index contributed by atoms with van der Waals surface area (Å²) in [4.78, 5) is 12.4. The summed E-state index contributed by atoms with van der Waals surface area (Å²) < 4.78 is 69.5. The molecule has 0 atom stereocenters. The molecule has 1 N–H and O–H groups in total. The van der Waals surface area contributed by atoms with E-state index >= 15 is 0 Å². The molecular weight excluding hydrogens is 417 g/mol. The topological polar surface area (TPSA) is 56.8 Å². The normalized spacial score (nSPS) is 17.5. The molecule has 0 aliphatic carbocycles. The molecule has 0 radical (unpaired) electrons. The van der Waals surface area contributed by atoms with Gasteiger partial charge in [0.25, 0.3) is 5.91 Å². The lowest BCUT2D eigenvalue weighted by Gasteiger charge is -2.32. The van der Waals surface area contributed by atoms with Crippen molar-refractivity contribution < 1.29 is 36.4 Å². The number of amides is 1. The van der Waals surface area contributed by atoms with E-state index in [0.717, 1.165) is 6.07 Å². The Kier molecular flexibility index (Phi) is 5.83. The molecule has 1 heterocycles. The molecule has 0 unspecified atom stereocenters. The number of hydrogen-bond donors (Lipinski definition) is 1. The van der Waals surface area contributed by atoms with Crippen LogP contribution >= 0.6 is 0 Å². The number of alkyl halides is 3. The predicted octanol–water partition coefficient (Wildman–Crippen LogP) is 4.40. The number of halogens is 4. The Bertz CT molecular complexity index is 991. The summed E-state index contributed by atoms with van der Waals surface area (Å²) in [6.45, 7) is 7.66. The number of anilines is 1. The van der Waals surface area contributed by atoms with E-state index in [1.54, 1.807) is 12.1 Å². The summed E-state index contributed by atoms with van der Waals surface area (Å²) in [5.41, 5.74) is -1.92. The van der Waals surface area contributed by atoms with E-state index < -0.39 is 47.3 Å². The van der Waals surface area contributed by atoms with Crippen LogP contribution in [0.3, 0.4) is 0 Å². The number of carbonyl (C=O) groups is 1. The van der Waals surface area contributed by atoms with Crippen molar-refractivity contribution in [3.05, 3.63) is 53.3 Å². The monoisotopic (exact) mass is 439 g/mol. The van der Waals surface area contributed by atoms with Crippen molar-refractivity contribution in [1.29, 1.82) is 0 Å². The van der Waals surface area contributed by atoms with E-state index in [9.17, 15) is 22.4 Å². The molecule has 0 saturated carbocycles. The SMILES string of the molecule is COc1cc(B2OC(C)(C)C(C)(C)O2)ccc1NC(=O)c1ccc(C(F)(F)F)cc1F. The van der Waals surface area contributed by atoms with Crippen molar-refractivity contribution in [2.75, 3.05) is 12.4 Å². The fraction of sp³-hybridized carbons (Fsp3) is 0.381. The predicted molar refractivity (Wildman–Crippen MR) is 108 cm³/mol. The second-order valence-corrected chi connectivity index (χ2v) is 8.19. The van der Waals surface area contributed by atoms with Gasteiger partial charge in [-0.05, 0) is 63.5 Å². The summed E-state index contributed by atoms with van der Waals surface area (Å²) >= 11 is 0. The van der Waals surface area contributed by atoms with Gasteiger partial charge in [0.05, 0.1) is 35.1 Å². The van der Waals surface area contributed by atoms with E-state index in [1.807, 2.05) is 27.7 Å². The average Bonchev–Trinajstić information content (AvgIpc) is 2.88. The summed E-state index contributed by atoms with van der Waals surface area (Å²) in [5.74, 6) is -1.93. The van der Waals surface area contributed by atoms with Crippen LogP contribution in [0.2, 0.25) is 0 Å². The first-order valence-corrected chi connectivity index (χ1v) is 9.47. The lowest BCUT2D eigenvalue weighted by molar-refractivity contribution is -0.137. The van der Waals surface area contributed by atoms with Crippen molar-refractivity contribution >= 4 is 24.2 Å². The van der Waals surface area contributed by atoms with Crippen LogP contribution in [0.15, 0.2) is 36.4 Å². The Labute approximate surface area is 177 Å². The van der Waals surface area contributed by atoms with Crippen LogP contribution in [0, 0.1) is 5.82 Å².